The monoisotopic (exact) mass is 340 g/mol. The van der Waals surface area contributed by atoms with Crippen LogP contribution in [0.2, 0.25) is 0 Å². The summed E-state index contributed by atoms with van der Waals surface area (Å²) in [4.78, 5) is 4.24. The first-order chi connectivity index (χ1) is 11.4. The van der Waals surface area contributed by atoms with Crippen LogP contribution in [0.5, 0.6) is 5.75 Å². The van der Waals surface area contributed by atoms with E-state index in [1.807, 2.05) is 11.9 Å². The van der Waals surface area contributed by atoms with Crippen LogP contribution < -0.4 is 4.74 Å². The molecule has 0 bridgehead atoms. The molecule has 0 saturated carbocycles. The maximum absolute atomic E-state index is 13.5. The SMILES string of the molecule is CC1CN(CC(O)CN(C)CCOc2ccccc2F)CC(C)O1. The number of aliphatic hydroxyl groups is 1. The van der Waals surface area contributed by atoms with Crippen LogP contribution in [0, 0.1) is 5.82 Å². The standard InChI is InChI=1S/C18H29FN2O3/c1-14-10-21(11-15(2)24-14)13-16(22)12-20(3)8-9-23-18-7-5-4-6-17(18)19/h4-7,14-16,22H,8-13H2,1-3H3. The van der Waals surface area contributed by atoms with E-state index in [1.165, 1.54) is 6.07 Å². The molecule has 1 saturated heterocycles. The fourth-order valence-corrected chi connectivity index (χ4v) is 3.11. The Kier molecular flexibility index (Phi) is 7.42. The molecule has 1 fully saturated rings. The number of benzene rings is 1. The van der Waals surface area contributed by atoms with Crippen molar-refractivity contribution in [2.24, 2.45) is 0 Å². The molecule has 6 heteroatoms. The average molecular weight is 340 g/mol. The van der Waals surface area contributed by atoms with E-state index in [0.29, 0.717) is 26.2 Å². The zero-order valence-electron chi connectivity index (χ0n) is 14.8. The van der Waals surface area contributed by atoms with Crippen LogP contribution in [-0.2, 0) is 4.74 Å². The Labute approximate surface area is 144 Å². The van der Waals surface area contributed by atoms with Crippen molar-refractivity contribution in [1.82, 2.24) is 9.80 Å². The summed E-state index contributed by atoms with van der Waals surface area (Å²) in [7, 11) is 1.93. The number of rotatable bonds is 8. The number of hydrogen-bond acceptors (Lipinski definition) is 5. The van der Waals surface area contributed by atoms with Gasteiger partial charge in [-0.15, -0.1) is 0 Å². The molecule has 3 atom stereocenters. The van der Waals surface area contributed by atoms with Crippen LogP contribution in [0.4, 0.5) is 4.39 Å². The second-order valence-electron chi connectivity index (χ2n) is 6.67. The molecular formula is C18H29FN2O3. The predicted molar refractivity (Wildman–Crippen MR) is 91.8 cm³/mol. The number of para-hydroxylation sites is 1. The van der Waals surface area contributed by atoms with E-state index in [4.69, 9.17) is 9.47 Å². The zero-order valence-corrected chi connectivity index (χ0v) is 14.8. The molecule has 1 aromatic rings. The van der Waals surface area contributed by atoms with Crippen molar-refractivity contribution in [2.45, 2.75) is 32.2 Å². The zero-order chi connectivity index (χ0) is 17.5. The number of nitrogens with zero attached hydrogens (tertiary/aromatic N) is 2. The van der Waals surface area contributed by atoms with Crippen molar-refractivity contribution in [1.29, 1.82) is 0 Å². The van der Waals surface area contributed by atoms with Gasteiger partial charge < -0.3 is 19.5 Å². The summed E-state index contributed by atoms with van der Waals surface area (Å²) in [6.45, 7) is 8.01. The lowest BCUT2D eigenvalue weighted by atomic mass is 10.2. The van der Waals surface area contributed by atoms with Crippen LogP contribution >= 0.6 is 0 Å². The van der Waals surface area contributed by atoms with E-state index >= 15 is 0 Å². The molecule has 1 aliphatic heterocycles. The lowest BCUT2D eigenvalue weighted by molar-refractivity contribution is -0.0777. The first-order valence-corrected chi connectivity index (χ1v) is 8.55. The van der Waals surface area contributed by atoms with Gasteiger partial charge >= 0.3 is 0 Å². The predicted octanol–water partition coefficient (Wildman–Crippen LogP) is 1.61. The van der Waals surface area contributed by atoms with E-state index < -0.39 is 6.10 Å². The maximum atomic E-state index is 13.5. The van der Waals surface area contributed by atoms with Gasteiger partial charge in [0.05, 0.1) is 18.3 Å². The minimum atomic E-state index is -0.430. The number of ether oxygens (including phenoxy) is 2. The van der Waals surface area contributed by atoms with Crippen LogP contribution in [0.25, 0.3) is 0 Å². The molecule has 0 aliphatic carbocycles. The Morgan fingerprint density at radius 2 is 2.00 bits per heavy atom. The van der Waals surface area contributed by atoms with Gasteiger partial charge in [0, 0.05) is 32.7 Å². The van der Waals surface area contributed by atoms with Crippen molar-refractivity contribution < 1.29 is 19.0 Å². The quantitative estimate of drug-likeness (QED) is 0.779. The molecule has 0 radical (unpaired) electrons. The molecule has 3 unspecified atom stereocenters. The lowest BCUT2D eigenvalue weighted by Gasteiger charge is -2.36. The van der Waals surface area contributed by atoms with Crippen molar-refractivity contribution in [3.05, 3.63) is 30.1 Å². The smallest absolute Gasteiger partial charge is 0.165 e. The highest BCUT2D eigenvalue weighted by atomic mass is 19.1. The third kappa shape index (κ3) is 6.36. The lowest BCUT2D eigenvalue weighted by Crippen LogP contribution is -2.49. The van der Waals surface area contributed by atoms with E-state index in [1.54, 1.807) is 18.2 Å². The highest BCUT2D eigenvalue weighted by Gasteiger charge is 2.24. The number of halogens is 1. The second-order valence-corrected chi connectivity index (χ2v) is 6.67. The van der Waals surface area contributed by atoms with Crippen molar-refractivity contribution in [2.75, 3.05) is 46.4 Å². The molecule has 5 nitrogen and oxygen atoms in total. The molecule has 1 aliphatic rings. The van der Waals surface area contributed by atoms with E-state index in [2.05, 4.69) is 18.7 Å². The van der Waals surface area contributed by atoms with E-state index in [9.17, 15) is 9.50 Å². The van der Waals surface area contributed by atoms with Gasteiger partial charge in [0.25, 0.3) is 0 Å². The molecule has 1 N–H and O–H groups in total. The Balaban J connectivity index is 1.66. The molecule has 0 aromatic heterocycles. The van der Waals surface area contributed by atoms with Gasteiger partial charge in [-0.25, -0.2) is 4.39 Å². The van der Waals surface area contributed by atoms with Crippen molar-refractivity contribution in [3.63, 3.8) is 0 Å². The number of aliphatic hydroxyl groups excluding tert-OH is 1. The molecular weight excluding hydrogens is 311 g/mol. The molecule has 2 rings (SSSR count). The van der Waals surface area contributed by atoms with Crippen LogP contribution in [-0.4, -0.2) is 79.6 Å². The van der Waals surface area contributed by atoms with Gasteiger partial charge in [-0.3, -0.25) is 4.90 Å². The van der Waals surface area contributed by atoms with E-state index in [0.717, 1.165) is 13.1 Å². The third-order valence-corrected chi connectivity index (χ3v) is 4.05. The van der Waals surface area contributed by atoms with Gasteiger partial charge in [0.2, 0.25) is 0 Å². The summed E-state index contributed by atoms with van der Waals surface area (Å²) < 4.78 is 24.6. The number of β-amino-alcohol motifs (C(OH)–C–C–N with tert-alkyl or cyclic N) is 1. The summed E-state index contributed by atoms with van der Waals surface area (Å²) in [6.07, 6.45) is -0.0262. The molecule has 1 heterocycles. The minimum absolute atomic E-state index is 0.202. The van der Waals surface area contributed by atoms with E-state index in [-0.39, 0.29) is 23.8 Å². The van der Waals surface area contributed by atoms with Gasteiger partial charge in [-0.1, -0.05) is 12.1 Å². The van der Waals surface area contributed by atoms with Gasteiger partial charge in [-0.2, -0.15) is 0 Å². The number of likely N-dealkylation sites (N-methyl/N-ethyl adjacent to an activating group) is 1. The maximum Gasteiger partial charge on any atom is 0.165 e. The first kappa shape index (κ1) is 19.1. The largest absolute Gasteiger partial charge is 0.489 e. The second kappa shape index (κ2) is 9.32. The normalized spacial score (nSPS) is 23.4. The highest BCUT2D eigenvalue weighted by molar-refractivity contribution is 5.23. The van der Waals surface area contributed by atoms with Crippen molar-refractivity contribution in [3.8, 4) is 5.75 Å². The van der Waals surface area contributed by atoms with Crippen LogP contribution in [0.15, 0.2) is 24.3 Å². The Morgan fingerprint density at radius 3 is 2.67 bits per heavy atom. The summed E-state index contributed by atoms with van der Waals surface area (Å²) in [5, 5.41) is 10.3. The summed E-state index contributed by atoms with van der Waals surface area (Å²) in [5.74, 6) is -0.0847. The molecule has 1 aromatic carbocycles. The highest BCUT2D eigenvalue weighted by Crippen LogP contribution is 2.15. The van der Waals surface area contributed by atoms with Gasteiger partial charge in [0.1, 0.15) is 6.61 Å². The van der Waals surface area contributed by atoms with Gasteiger partial charge in [-0.05, 0) is 33.0 Å². The van der Waals surface area contributed by atoms with Crippen LogP contribution in [0.1, 0.15) is 13.8 Å². The third-order valence-electron chi connectivity index (χ3n) is 4.05. The van der Waals surface area contributed by atoms with Gasteiger partial charge in [0.15, 0.2) is 11.6 Å². The first-order valence-electron chi connectivity index (χ1n) is 8.55. The van der Waals surface area contributed by atoms with Crippen LogP contribution in [0.3, 0.4) is 0 Å². The molecule has 24 heavy (non-hydrogen) atoms. The fraction of sp³-hybridized carbons (Fsp3) is 0.667. The average Bonchev–Trinajstić information content (AvgIpc) is 2.47. The molecule has 0 spiro atoms. The summed E-state index contributed by atoms with van der Waals surface area (Å²) >= 11 is 0. The molecule has 136 valence electrons. The minimum Gasteiger partial charge on any atom is -0.489 e. The Hall–Kier alpha value is -1.21. The fourth-order valence-electron chi connectivity index (χ4n) is 3.11. The number of morpholine rings is 1. The Morgan fingerprint density at radius 1 is 1.33 bits per heavy atom. The van der Waals surface area contributed by atoms with Crippen molar-refractivity contribution >= 4 is 0 Å². The molecule has 0 amide bonds. The topological polar surface area (TPSA) is 45.2 Å². The number of hydrogen-bond donors (Lipinski definition) is 1. The summed E-state index contributed by atoms with van der Waals surface area (Å²) in [5.41, 5.74) is 0. The Bertz CT molecular complexity index is 493. The summed E-state index contributed by atoms with van der Waals surface area (Å²) in [6, 6.07) is 6.38.